The summed E-state index contributed by atoms with van der Waals surface area (Å²) in [5, 5.41) is 0. The first kappa shape index (κ1) is 16.2. The number of rotatable bonds is 2. The lowest BCUT2D eigenvalue weighted by Crippen LogP contribution is -2.50. The third-order valence-electron chi connectivity index (χ3n) is 6.56. The van der Waals surface area contributed by atoms with Crippen molar-refractivity contribution >= 4 is 33.2 Å². The third kappa shape index (κ3) is 1.54. The van der Waals surface area contributed by atoms with E-state index in [0.717, 1.165) is 17.3 Å². The topological polar surface area (TPSA) is 49.7 Å². The highest BCUT2D eigenvalue weighted by Crippen LogP contribution is 2.82. The van der Waals surface area contributed by atoms with Gasteiger partial charge in [0.2, 0.25) is 5.72 Å². The zero-order chi connectivity index (χ0) is 16.9. The van der Waals surface area contributed by atoms with E-state index in [1.165, 1.54) is 0 Å². The summed E-state index contributed by atoms with van der Waals surface area (Å²) >= 11 is 13.4. The molecule has 23 heavy (non-hydrogen) atoms. The first-order valence-corrected chi connectivity index (χ1v) is 9.90. The number of sulfonamides is 1. The van der Waals surface area contributed by atoms with Gasteiger partial charge in [0.05, 0.1) is 4.90 Å². The fraction of sp³-hybridized carbons (Fsp3) is 0.625. The lowest BCUT2D eigenvalue weighted by atomic mass is 9.68. The zero-order valence-corrected chi connectivity index (χ0v) is 15.5. The highest BCUT2D eigenvalue weighted by atomic mass is 35.5. The number of hydroxylamine groups is 1. The molecular formula is C16H19Cl2NO3S. The van der Waals surface area contributed by atoms with E-state index in [9.17, 15) is 8.42 Å². The van der Waals surface area contributed by atoms with Crippen LogP contribution in [0.2, 0.25) is 0 Å². The number of fused-ring (bicyclic) bond motifs is 3. The fourth-order valence-corrected chi connectivity index (χ4v) is 7.92. The summed E-state index contributed by atoms with van der Waals surface area (Å²) < 4.78 is 25.7. The average Bonchev–Trinajstić information content (AvgIpc) is 3.18. The van der Waals surface area contributed by atoms with Gasteiger partial charge in [-0.05, 0) is 34.9 Å². The Kier molecular flexibility index (Phi) is 2.99. The summed E-state index contributed by atoms with van der Waals surface area (Å²) in [6.07, 6.45) is 1.72. The van der Waals surface area contributed by atoms with E-state index in [0.29, 0.717) is 0 Å². The minimum Gasteiger partial charge on any atom is -0.251 e. The van der Waals surface area contributed by atoms with Crippen molar-refractivity contribution in [2.45, 2.75) is 48.6 Å². The highest BCUT2D eigenvalue weighted by molar-refractivity contribution is 7.89. The van der Waals surface area contributed by atoms with Crippen molar-refractivity contribution < 1.29 is 13.3 Å². The van der Waals surface area contributed by atoms with Crippen molar-refractivity contribution in [3.63, 3.8) is 0 Å². The molecule has 4 atom stereocenters. The molecule has 1 aromatic rings. The molecule has 4 rings (SSSR count). The molecule has 0 N–H and O–H groups in total. The van der Waals surface area contributed by atoms with Crippen LogP contribution in [0, 0.1) is 16.7 Å². The maximum absolute atomic E-state index is 13.0. The molecule has 3 fully saturated rings. The minimum absolute atomic E-state index is 0.0145. The second-order valence-corrected chi connectivity index (χ2v) is 10.7. The van der Waals surface area contributed by atoms with Crippen LogP contribution in [0.3, 0.4) is 0 Å². The Balaban J connectivity index is 1.84. The van der Waals surface area contributed by atoms with Crippen molar-refractivity contribution in [2.75, 3.05) is 0 Å². The summed E-state index contributed by atoms with van der Waals surface area (Å²) in [6.45, 7) is 6.25. The van der Waals surface area contributed by atoms with Crippen LogP contribution in [-0.4, -0.2) is 22.9 Å². The molecule has 4 unspecified atom stereocenters. The van der Waals surface area contributed by atoms with Crippen LogP contribution < -0.4 is 0 Å². The number of halogens is 2. The van der Waals surface area contributed by atoms with Crippen molar-refractivity contribution in [3.8, 4) is 0 Å². The van der Waals surface area contributed by atoms with Crippen LogP contribution in [0.25, 0.3) is 0 Å². The van der Waals surface area contributed by atoms with E-state index in [2.05, 4.69) is 13.8 Å². The molecular weight excluding hydrogens is 357 g/mol. The molecule has 2 aliphatic carbocycles. The van der Waals surface area contributed by atoms with Gasteiger partial charge in [-0.15, -0.1) is 0 Å². The fourth-order valence-electron chi connectivity index (χ4n) is 4.84. The maximum Gasteiger partial charge on any atom is 0.268 e. The second kappa shape index (κ2) is 4.25. The van der Waals surface area contributed by atoms with Crippen LogP contribution >= 0.6 is 23.2 Å². The molecule has 3 aliphatic rings. The first-order valence-electron chi connectivity index (χ1n) is 7.71. The summed E-state index contributed by atoms with van der Waals surface area (Å²) in [4.78, 5) is 5.94. The first-order chi connectivity index (χ1) is 10.5. The minimum atomic E-state index is -3.80. The molecule has 126 valence electrons. The number of hydrogen-bond donors (Lipinski definition) is 0. The number of hydrogen-bond acceptors (Lipinski definition) is 3. The standard InChI is InChI=1S/C16H19Cl2NO3S/c1-13(2)12-9-10-14(13,3)16(15(12,17)18)19(22-16)23(20,21)11-7-5-4-6-8-11/h4-8,12H,9-10H2,1-3H3. The highest BCUT2D eigenvalue weighted by Gasteiger charge is 2.92. The van der Waals surface area contributed by atoms with Crippen LogP contribution in [0.5, 0.6) is 0 Å². The van der Waals surface area contributed by atoms with E-state index in [1.807, 2.05) is 6.92 Å². The molecule has 4 nitrogen and oxygen atoms in total. The van der Waals surface area contributed by atoms with E-state index in [-0.39, 0.29) is 16.2 Å². The Hall–Kier alpha value is -0.330. The van der Waals surface area contributed by atoms with E-state index in [1.54, 1.807) is 30.3 Å². The van der Waals surface area contributed by atoms with Gasteiger partial charge in [-0.1, -0.05) is 62.2 Å². The second-order valence-electron chi connectivity index (χ2n) is 7.55. The predicted octanol–water partition coefficient (Wildman–Crippen LogP) is 3.95. The number of nitrogens with zero attached hydrogens (tertiary/aromatic N) is 1. The largest absolute Gasteiger partial charge is 0.268 e. The van der Waals surface area contributed by atoms with Gasteiger partial charge in [0, 0.05) is 11.3 Å². The molecule has 2 saturated carbocycles. The lowest BCUT2D eigenvalue weighted by Gasteiger charge is -2.37. The summed E-state index contributed by atoms with van der Waals surface area (Å²) in [5.41, 5.74) is -1.84. The summed E-state index contributed by atoms with van der Waals surface area (Å²) in [7, 11) is -3.80. The van der Waals surface area contributed by atoms with Gasteiger partial charge in [-0.25, -0.2) is 8.42 Å². The normalized spacial score (nSPS) is 43.0. The van der Waals surface area contributed by atoms with Crippen molar-refractivity contribution in [2.24, 2.45) is 16.7 Å². The molecule has 1 heterocycles. The molecule has 0 aromatic heterocycles. The van der Waals surface area contributed by atoms with Gasteiger partial charge < -0.3 is 0 Å². The predicted molar refractivity (Wildman–Crippen MR) is 88.3 cm³/mol. The Morgan fingerprint density at radius 3 is 2.30 bits per heavy atom. The Bertz CT molecular complexity index is 780. The maximum atomic E-state index is 13.0. The average molecular weight is 376 g/mol. The van der Waals surface area contributed by atoms with Crippen LogP contribution in [0.4, 0.5) is 0 Å². The molecule has 2 bridgehead atoms. The molecule has 1 saturated heterocycles. The van der Waals surface area contributed by atoms with Crippen molar-refractivity contribution in [1.82, 2.24) is 4.47 Å². The molecule has 1 aromatic carbocycles. The quantitative estimate of drug-likeness (QED) is 0.580. The smallest absolute Gasteiger partial charge is 0.251 e. The van der Waals surface area contributed by atoms with Gasteiger partial charge in [0.15, 0.2) is 4.33 Å². The van der Waals surface area contributed by atoms with E-state index >= 15 is 0 Å². The van der Waals surface area contributed by atoms with Crippen LogP contribution in [-0.2, 0) is 14.9 Å². The van der Waals surface area contributed by atoms with Crippen molar-refractivity contribution in [3.05, 3.63) is 30.3 Å². The lowest BCUT2D eigenvalue weighted by molar-refractivity contribution is 0.0680. The monoisotopic (exact) mass is 375 g/mol. The number of alkyl halides is 2. The van der Waals surface area contributed by atoms with Gasteiger partial charge in [0.1, 0.15) is 0 Å². The van der Waals surface area contributed by atoms with Gasteiger partial charge >= 0.3 is 0 Å². The summed E-state index contributed by atoms with van der Waals surface area (Å²) in [5.74, 6) is -0.0145. The summed E-state index contributed by atoms with van der Waals surface area (Å²) in [6, 6.07) is 8.24. The van der Waals surface area contributed by atoms with Crippen LogP contribution in [0.1, 0.15) is 33.6 Å². The molecule has 0 amide bonds. The van der Waals surface area contributed by atoms with Gasteiger partial charge in [-0.2, -0.15) is 0 Å². The molecule has 1 aliphatic heterocycles. The Labute approximate surface area is 146 Å². The van der Waals surface area contributed by atoms with E-state index in [4.69, 9.17) is 28.0 Å². The van der Waals surface area contributed by atoms with Gasteiger partial charge in [-0.3, -0.25) is 4.84 Å². The Morgan fingerprint density at radius 1 is 1.17 bits per heavy atom. The molecule has 1 spiro atoms. The SMILES string of the molecule is CC1(C)C2CCC1(C)C1(ON1S(=O)(=O)c1ccccc1)C2(Cl)Cl. The van der Waals surface area contributed by atoms with E-state index < -0.39 is 25.5 Å². The Morgan fingerprint density at radius 2 is 1.78 bits per heavy atom. The third-order valence-corrected chi connectivity index (χ3v) is 9.24. The molecule has 0 radical (unpaired) electrons. The molecule has 7 heteroatoms. The van der Waals surface area contributed by atoms with Crippen molar-refractivity contribution in [1.29, 1.82) is 0 Å². The zero-order valence-electron chi connectivity index (χ0n) is 13.2. The van der Waals surface area contributed by atoms with Gasteiger partial charge in [0.25, 0.3) is 10.0 Å². The van der Waals surface area contributed by atoms with Crippen LogP contribution in [0.15, 0.2) is 35.2 Å². The number of benzene rings is 1.